The molecule has 1 aliphatic carbocycles. The summed E-state index contributed by atoms with van der Waals surface area (Å²) in [5.74, 6) is 0.761. The van der Waals surface area contributed by atoms with Gasteiger partial charge in [-0.05, 0) is 47.9 Å². The van der Waals surface area contributed by atoms with Crippen molar-refractivity contribution in [2.24, 2.45) is 0 Å². The Hall–Kier alpha value is -1.97. The van der Waals surface area contributed by atoms with E-state index in [9.17, 15) is 0 Å². The maximum Gasteiger partial charge on any atom is 0.0784 e. The standard InChI is InChI=1S/C23H23NSSi/c1-26(2,3)21-9-5-8-20-22(21)18-7-4-6-17(23(18)25-20)19-14-16(12-13-24-19)15-10-11-15/h4-9,12-15H,10-11H2,1-3H3. The second-order valence-electron chi connectivity index (χ2n) is 8.46. The van der Waals surface area contributed by atoms with E-state index in [4.69, 9.17) is 4.98 Å². The van der Waals surface area contributed by atoms with Crippen molar-refractivity contribution in [3.05, 3.63) is 60.3 Å². The van der Waals surface area contributed by atoms with Crippen LogP contribution in [0, 0.1) is 0 Å². The molecule has 0 spiro atoms. The number of aromatic nitrogens is 1. The summed E-state index contributed by atoms with van der Waals surface area (Å²) in [4.78, 5) is 4.73. The average molecular weight is 374 g/mol. The van der Waals surface area contributed by atoms with Gasteiger partial charge in [0.2, 0.25) is 0 Å². The van der Waals surface area contributed by atoms with E-state index in [-0.39, 0.29) is 0 Å². The van der Waals surface area contributed by atoms with Crippen molar-refractivity contribution in [1.82, 2.24) is 4.98 Å². The predicted molar refractivity (Wildman–Crippen MR) is 118 cm³/mol. The number of pyridine rings is 1. The Bertz CT molecular complexity index is 1130. The largest absolute Gasteiger partial charge is 0.256 e. The summed E-state index contributed by atoms with van der Waals surface area (Å²) in [5.41, 5.74) is 3.87. The van der Waals surface area contributed by atoms with Gasteiger partial charge in [0.15, 0.2) is 0 Å². The molecule has 2 aromatic heterocycles. The van der Waals surface area contributed by atoms with E-state index in [0.717, 1.165) is 11.6 Å². The van der Waals surface area contributed by atoms with Gasteiger partial charge >= 0.3 is 0 Å². The summed E-state index contributed by atoms with van der Waals surface area (Å²) in [6.07, 6.45) is 4.65. The molecule has 0 bridgehead atoms. The lowest BCUT2D eigenvalue weighted by Crippen LogP contribution is -2.37. The molecule has 0 aliphatic heterocycles. The summed E-state index contributed by atoms with van der Waals surface area (Å²) >= 11 is 1.93. The van der Waals surface area contributed by atoms with Crippen LogP contribution in [-0.2, 0) is 0 Å². The minimum atomic E-state index is -1.40. The van der Waals surface area contributed by atoms with Gasteiger partial charge in [0, 0.05) is 26.5 Å². The Labute approximate surface area is 159 Å². The Morgan fingerprint density at radius 3 is 2.58 bits per heavy atom. The second kappa shape index (κ2) is 5.76. The highest BCUT2D eigenvalue weighted by Gasteiger charge is 2.25. The molecule has 1 saturated carbocycles. The summed E-state index contributed by atoms with van der Waals surface area (Å²) in [6.45, 7) is 7.32. The average Bonchev–Trinajstić information content (AvgIpc) is 3.41. The Morgan fingerprint density at radius 1 is 1.00 bits per heavy atom. The summed E-state index contributed by atoms with van der Waals surface area (Å²) in [6, 6.07) is 18.1. The third kappa shape index (κ3) is 2.61. The smallest absolute Gasteiger partial charge is 0.0784 e. The number of hydrogen-bond donors (Lipinski definition) is 0. The topological polar surface area (TPSA) is 12.9 Å². The summed E-state index contributed by atoms with van der Waals surface area (Å²) in [5, 5.41) is 4.45. The quantitative estimate of drug-likeness (QED) is 0.372. The zero-order chi connectivity index (χ0) is 17.9. The van der Waals surface area contributed by atoms with Crippen LogP contribution in [0.4, 0.5) is 0 Å². The lowest BCUT2D eigenvalue weighted by Gasteiger charge is -2.18. The molecule has 1 aliphatic rings. The maximum absolute atomic E-state index is 4.73. The van der Waals surface area contributed by atoms with Crippen molar-refractivity contribution in [2.75, 3.05) is 0 Å². The number of rotatable bonds is 3. The predicted octanol–water partition coefficient (Wildman–Crippen LogP) is 6.54. The fourth-order valence-corrected chi connectivity index (χ4v) is 6.90. The summed E-state index contributed by atoms with van der Waals surface area (Å²) in [7, 11) is -1.40. The number of nitrogens with zero attached hydrogens (tertiary/aromatic N) is 1. The number of hydrogen-bond acceptors (Lipinski definition) is 2. The van der Waals surface area contributed by atoms with Gasteiger partial charge < -0.3 is 0 Å². The van der Waals surface area contributed by atoms with Gasteiger partial charge in [-0.25, -0.2) is 0 Å². The van der Waals surface area contributed by atoms with Crippen LogP contribution in [0.3, 0.4) is 0 Å². The molecule has 3 heteroatoms. The lowest BCUT2D eigenvalue weighted by molar-refractivity contribution is 1.11. The van der Waals surface area contributed by atoms with Crippen molar-refractivity contribution < 1.29 is 0 Å². The van der Waals surface area contributed by atoms with E-state index in [1.54, 1.807) is 5.19 Å². The van der Waals surface area contributed by atoms with Crippen molar-refractivity contribution in [3.63, 3.8) is 0 Å². The Balaban J connectivity index is 1.79. The second-order valence-corrected chi connectivity index (χ2v) is 14.6. The van der Waals surface area contributed by atoms with Gasteiger partial charge in [0.1, 0.15) is 0 Å². The van der Waals surface area contributed by atoms with Gasteiger partial charge in [-0.1, -0.05) is 55.2 Å². The van der Waals surface area contributed by atoms with Crippen molar-refractivity contribution in [2.45, 2.75) is 38.4 Å². The first-order valence-electron chi connectivity index (χ1n) is 9.43. The molecule has 5 rings (SSSR count). The molecular formula is C23H23NSSi. The van der Waals surface area contributed by atoms with Gasteiger partial charge in [0.25, 0.3) is 0 Å². The molecule has 0 atom stereocenters. The molecule has 0 unspecified atom stereocenters. The Morgan fingerprint density at radius 2 is 1.81 bits per heavy atom. The van der Waals surface area contributed by atoms with Crippen LogP contribution in [0.2, 0.25) is 19.6 Å². The number of fused-ring (bicyclic) bond motifs is 3. The number of thiophene rings is 1. The van der Waals surface area contributed by atoms with Crippen LogP contribution in [0.15, 0.2) is 54.7 Å². The fourth-order valence-electron chi connectivity index (χ4n) is 3.94. The monoisotopic (exact) mass is 373 g/mol. The minimum absolute atomic E-state index is 0.761. The summed E-state index contributed by atoms with van der Waals surface area (Å²) < 4.78 is 2.79. The van der Waals surface area contributed by atoms with E-state index in [1.807, 2.05) is 17.5 Å². The van der Waals surface area contributed by atoms with Gasteiger partial charge in [-0.15, -0.1) is 11.3 Å². The molecule has 0 amide bonds. The van der Waals surface area contributed by atoms with Gasteiger partial charge in [-0.3, -0.25) is 4.98 Å². The lowest BCUT2D eigenvalue weighted by atomic mass is 10.0. The molecule has 1 fully saturated rings. The molecule has 0 N–H and O–H groups in total. The van der Waals surface area contributed by atoms with Crippen LogP contribution in [0.5, 0.6) is 0 Å². The molecule has 2 heterocycles. The molecule has 1 nitrogen and oxygen atoms in total. The van der Waals surface area contributed by atoms with E-state index >= 15 is 0 Å². The highest BCUT2D eigenvalue weighted by Crippen LogP contribution is 2.43. The van der Waals surface area contributed by atoms with Crippen molar-refractivity contribution in [3.8, 4) is 11.3 Å². The fraction of sp³-hybridized carbons (Fsp3) is 0.261. The SMILES string of the molecule is C[Si](C)(C)c1cccc2sc3c(-c4cc(C5CC5)ccn4)cccc3c12. The normalized spacial score (nSPS) is 15.0. The number of benzene rings is 2. The van der Waals surface area contributed by atoms with Crippen molar-refractivity contribution in [1.29, 1.82) is 0 Å². The highest BCUT2D eigenvalue weighted by atomic mass is 32.1. The maximum atomic E-state index is 4.73. The third-order valence-corrected chi connectivity index (χ3v) is 8.68. The van der Waals surface area contributed by atoms with E-state index in [0.29, 0.717) is 0 Å². The van der Waals surface area contributed by atoms with Gasteiger partial charge in [-0.2, -0.15) is 0 Å². The molecule has 0 radical (unpaired) electrons. The Kier molecular flexibility index (Phi) is 3.60. The van der Waals surface area contributed by atoms with E-state index < -0.39 is 8.07 Å². The molecule has 0 saturated heterocycles. The van der Waals surface area contributed by atoms with Crippen LogP contribution in [0.1, 0.15) is 24.3 Å². The highest BCUT2D eigenvalue weighted by molar-refractivity contribution is 7.26. The zero-order valence-electron chi connectivity index (χ0n) is 15.5. The molecule has 130 valence electrons. The third-order valence-electron chi connectivity index (χ3n) is 5.44. The zero-order valence-corrected chi connectivity index (χ0v) is 17.4. The first-order chi connectivity index (χ1) is 12.5. The van der Waals surface area contributed by atoms with Crippen LogP contribution >= 0.6 is 11.3 Å². The van der Waals surface area contributed by atoms with Gasteiger partial charge in [0.05, 0.1) is 13.8 Å². The molecule has 2 aromatic carbocycles. The van der Waals surface area contributed by atoms with E-state index in [2.05, 4.69) is 68.2 Å². The minimum Gasteiger partial charge on any atom is -0.256 e. The first kappa shape index (κ1) is 16.2. The van der Waals surface area contributed by atoms with Crippen LogP contribution in [-0.4, -0.2) is 13.1 Å². The molecule has 26 heavy (non-hydrogen) atoms. The first-order valence-corrected chi connectivity index (χ1v) is 13.7. The van der Waals surface area contributed by atoms with Crippen LogP contribution in [0.25, 0.3) is 31.4 Å². The van der Waals surface area contributed by atoms with Crippen molar-refractivity contribution >= 4 is 44.8 Å². The van der Waals surface area contributed by atoms with E-state index in [1.165, 1.54) is 44.1 Å². The van der Waals surface area contributed by atoms with Crippen LogP contribution < -0.4 is 5.19 Å². The molecule has 4 aromatic rings. The molecular weight excluding hydrogens is 350 g/mol.